The van der Waals surface area contributed by atoms with Crippen molar-refractivity contribution in [3.8, 4) is 11.4 Å². The van der Waals surface area contributed by atoms with Crippen LogP contribution in [0.2, 0.25) is 0 Å². The van der Waals surface area contributed by atoms with Gasteiger partial charge in [-0.2, -0.15) is 5.10 Å². The fourth-order valence-electron chi connectivity index (χ4n) is 2.84. The summed E-state index contributed by atoms with van der Waals surface area (Å²) < 4.78 is 0. The first-order chi connectivity index (χ1) is 13.5. The van der Waals surface area contributed by atoms with E-state index in [1.807, 2.05) is 55.5 Å². The largest absolute Gasteiger partial charge is 0.478 e. The van der Waals surface area contributed by atoms with Crippen molar-refractivity contribution in [1.82, 2.24) is 15.2 Å². The van der Waals surface area contributed by atoms with Crippen molar-refractivity contribution in [2.24, 2.45) is 0 Å². The fourth-order valence-corrected chi connectivity index (χ4v) is 2.84. The number of H-pyrrole nitrogens is 1. The zero-order valence-corrected chi connectivity index (χ0v) is 15.8. The van der Waals surface area contributed by atoms with E-state index in [-0.39, 0.29) is 5.57 Å². The number of aliphatic carboxylic acids is 1. The summed E-state index contributed by atoms with van der Waals surface area (Å²) in [6, 6.07) is 5.85. The van der Waals surface area contributed by atoms with E-state index < -0.39 is 5.97 Å². The number of carboxylic acid groups (broad SMARTS) is 1. The van der Waals surface area contributed by atoms with Gasteiger partial charge in [0.2, 0.25) is 0 Å². The fraction of sp³-hybridized carbons (Fsp3) is 0.0870. The van der Waals surface area contributed by atoms with Gasteiger partial charge in [-0.3, -0.25) is 10.1 Å². The van der Waals surface area contributed by atoms with Crippen LogP contribution in [-0.2, 0) is 4.79 Å². The average Bonchev–Trinajstić information content (AvgIpc) is 3.14. The number of nitrogens with zero attached hydrogens (tertiary/aromatic N) is 2. The maximum absolute atomic E-state index is 11.3. The summed E-state index contributed by atoms with van der Waals surface area (Å²) in [5, 5.41) is 16.5. The minimum atomic E-state index is -0.966. The predicted molar refractivity (Wildman–Crippen MR) is 111 cm³/mol. The standard InChI is InChI=1S/C23H21N3O2/c1-4-17(23(27)28)13-19-9-6-8-18(12-11-15(19)2)20-14-24-26-22(20)21-10-5-7-16(3)25-21/h4-14H,2H2,1,3H3,(H,24,26)(H,27,28)/b9-6+,12-11-,17-4+,18-8-,19-13-. The monoisotopic (exact) mass is 371 g/mol. The third-order valence-electron chi connectivity index (χ3n) is 4.35. The van der Waals surface area contributed by atoms with Gasteiger partial charge in [-0.15, -0.1) is 0 Å². The van der Waals surface area contributed by atoms with E-state index in [9.17, 15) is 9.90 Å². The second kappa shape index (κ2) is 8.31. The lowest BCUT2D eigenvalue weighted by Crippen LogP contribution is -1.98. The van der Waals surface area contributed by atoms with Crippen molar-refractivity contribution in [2.75, 3.05) is 0 Å². The number of rotatable bonds is 4. The Balaban J connectivity index is 1.99. The quantitative estimate of drug-likeness (QED) is 0.757. The number of aromatic nitrogens is 3. The highest BCUT2D eigenvalue weighted by Crippen LogP contribution is 2.29. The Hall–Kier alpha value is -3.73. The van der Waals surface area contributed by atoms with Gasteiger partial charge in [0.15, 0.2) is 0 Å². The Morgan fingerprint density at radius 1 is 1.25 bits per heavy atom. The molecule has 0 spiro atoms. The van der Waals surface area contributed by atoms with E-state index in [2.05, 4.69) is 21.8 Å². The van der Waals surface area contributed by atoms with Gasteiger partial charge >= 0.3 is 5.97 Å². The van der Waals surface area contributed by atoms with Crippen molar-refractivity contribution >= 4 is 11.5 Å². The van der Waals surface area contributed by atoms with Crippen LogP contribution in [0.4, 0.5) is 0 Å². The van der Waals surface area contributed by atoms with Gasteiger partial charge in [0.05, 0.1) is 23.2 Å². The lowest BCUT2D eigenvalue weighted by atomic mass is 9.97. The number of aromatic amines is 1. The highest BCUT2D eigenvalue weighted by Gasteiger charge is 2.13. The molecule has 28 heavy (non-hydrogen) atoms. The smallest absolute Gasteiger partial charge is 0.335 e. The summed E-state index contributed by atoms with van der Waals surface area (Å²) in [5.74, 6) is -0.966. The first-order valence-electron chi connectivity index (χ1n) is 8.84. The summed E-state index contributed by atoms with van der Waals surface area (Å²) >= 11 is 0. The van der Waals surface area contributed by atoms with Crippen molar-refractivity contribution in [3.05, 3.63) is 101 Å². The maximum Gasteiger partial charge on any atom is 0.335 e. The molecular weight excluding hydrogens is 350 g/mol. The lowest BCUT2D eigenvalue weighted by Gasteiger charge is -2.08. The summed E-state index contributed by atoms with van der Waals surface area (Å²) in [4.78, 5) is 15.8. The van der Waals surface area contributed by atoms with E-state index in [0.717, 1.165) is 39.4 Å². The zero-order chi connectivity index (χ0) is 20.1. The molecule has 2 heterocycles. The third-order valence-corrected chi connectivity index (χ3v) is 4.35. The molecule has 140 valence electrons. The molecule has 2 aromatic heterocycles. The first kappa shape index (κ1) is 19.0. The first-order valence-corrected chi connectivity index (χ1v) is 8.84. The summed E-state index contributed by atoms with van der Waals surface area (Å²) in [6.07, 6.45) is 14.5. The molecule has 1 aliphatic carbocycles. The highest BCUT2D eigenvalue weighted by atomic mass is 16.4. The van der Waals surface area contributed by atoms with Gasteiger partial charge in [0.25, 0.3) is 0 Å². The van der Waals surface area contributed by atoms with E-state index in [4.69, 9.17) is 0 Å². The van der Waals surface area contributed by atoms with Gasteiger partial charge in [-0.1, -0.05) is 49.1 Å². The number of nitrogens with one attached hydrogen (secondary N) is 1. The van der Waals surface area contributed by atoms with Gasteiger partial charge in [0, 0.05) is 11.3 Å². The van der Waals surface area contributed by atoms with Crippen LogP contribution in [0.5, 0.6) is 0 Å². The molecule has 0 aliphatic heterocycles. The number of hydrogen-bond donors (Lipinski definition) is 2. The molecule has 0 bridgehead atoms. The van der Waals surface area contributed by atoms with Crippen LogP contribution in [0.15, 0.2) is 90.2 Å². The summed E-state index contributed by atoms with van der Waals surface area (Å²) in [5.41, 5.74) is 6.18. The molecule has 0 aromatic carbocycles. The van der Waals surface area contributed by atoms with Gasteiger partial charge in [-0.05, 0) is 48.8 Å². The molecule has 1 aliphatic rings. The predicted octanol–water partition coefficient (Wildman–Crippen LogP) is 4.80. The minimum absolute atomic E-state index is 0.224. The summed E-state index contributed by atoms with van der Waals surface area (Å²) in [6.45, 7) is 7.71. The van der Waals surface area contributed by atoms with E-state index in [1.54, 1.807) is 25.3 Å². The van der Waals surface area contributed by atoms with Crippen LogP contribution in [0.1, 0.15) is 18.2 Å². The SMILES string of the molecule is C=C1\C=C/C(c2cn[nH]c2-c2cccc(C)n2)=C/C=C/C1=C/C(=C\C)C(=O)O. The van der Waals surface area contributed by atoms with E-state index in [0.29, 0.717) is 0 Å². The average molecular weight is 371 g/mol. The maximum atomic E-state index is 11.3. The van der Waals surface area contributed by atoms with Crippen LogP contribution in [0.3, 0.4) is 0 Å². The number of allylic oxidation sites excluding steroid dienone is 9. The molecule has 5 heteroatoms. The van der Waals surface area contributed by atoms with Crippen molar-refractivity contribution < 1.29 is 9.90 Å². The van der Waals surface area contributed by atoms with Crippen molar-refractivity contribution in [3.63, 3.8) is 0 Å². The third kappa shape index (κ3) is 4.15. The molecule has 0 fully saturated rings. The Labute approximate surface area is 163 Å². The van der Waals surface area contributed by atoms with Crippen LogP contribution in [0, 0.1) is 6.92 Å². The van der Waals surface area contributed by atoms with Gasteiger partial charge in [0.1, 0.15) is 0 Å². The number of hydrogen-bond acceptors (Lipinski definition) is 3. The molecule has 0 saturated carbocycles. The molecule has 0 saturated heterocycles. The molecule has 2 aromatic rings. The van der Waals surface area contributed by atoms with E-state index >= 15 is 0 Å². The van der Waals surface area contributed by atoms with Crippen LogP contribution in [0.25, 0.3) is 17.0 Å². The zero-order valence-electron chi connectivity index (χ0n) is 15.8. The molecule has 0 atom stereocenters. The molecule has 3 rings (SSSR count). The van der Waals surface area contributed by atoms with Crippen LogP contribution >= 0.6 is 0 Å². The summed E-state index contributed by atoms with van der Waals surface area (Å²) in [7, 11) is 0. The van der Waals surface area contributed by atoms with Gasteiger partial charge in [-0.25, -0.2) is 4.79 Å². The van der Waals surface area contributed by atoms with Gasteiger partial charge < -0.3 is 5.11 Å². The molecule has 0 amide bonds. The van der Waals surface area contributed by atoms with Crippen LogP contribution in [-0.4, -0.2) is 26.3 Å². The normalized spacial score (nSPS) is 20.2. The van der Waals surface area contributed by atoms with Crippen molar-refractivity contribution in [1.29, 1.82) is 0 Å². The molecule has 0 radical (unpaired) electrons. The Bertz CT molecular complexity index is 1080. The molecule has 5 nitrogen and oxygen atoms in total. The minimum Gasteiger partial charge on any atom is -0.478 e. The number of carboxylic acids is 1. The second-order valence-electron chi connectivity index (χ2n) is 6.31. The number of pyridine rings is 1. The number of aryl methyl sites for hydroxylation is 1. The molecule has 2 N–H and O–H groups in total. The van der Waals surface area contributed by atoms with Crippen molar-refractivity contribution in [2.45, 2.75) is 13.8 Å². The topological polar surface area (TPSA) is 78.9 Å². The molecular formula is C23H21N3O2. The Kier molecular flexibility index (Phi) is 5.65. The Morgan fingerprint density at radius 3 is 2.79 bits per heavy atom. The van der Waals surface area contributed by atoms with E-state index in [1.165, 1.54) is 0 Å². The Morgan fingerprint density at radius 2 is 2.07 bits per heavy atom. The van der Waals surface area contributed by atoms with Crippen LogP contribution < -0.4 is 0 Å². The lowest BCUT2D eigenvalue weighted by molar-refractivity contribution is -0.132. The number of carbonyl (C=O) groups is 1. The second-order valence-corrected chi connectivity index (χ2v) is 6.31. The molecule has 0 unspecified atom stereocenters. The highest BCUT2D eigenvalue weighted by molar-refractivity contribution is 5.90.